The van der Waals surface area contributed by atoms with Crippen LogP contribution in [-0.2, 0) is 58.3 Å². The normalized spacial score (nSPS) is 11.6. The van der Waals surface area contributed by atoms with Crippen molar-refractivity contribution >= 4 is 17.3 Å². The predicted octanol–water partition coefficient (Wildman–Crippen LogP) is 6.35. The van der Waals surface area contributed by atoms with E-state index < -0.39 is 17.7 Å². The molecule has 0 unspecified atom stereocenters. The van der Waals surface area contributed by atoms with Gasteiger partial charge >= 0.3 is 12.1 Å². The number of nitrogens with one attached hydrogen (secondary N) is 1. The number of para-hydroxylation sites is 1. The average molecular weight is 806 g/mol. The Bertz CT molecular complexity index is 1230. The SMILES string of the molecule is CCCCCCOCCOCCOCCOCCOCCOCCOCCOCCOCCOCCOC(=O)c1ccccc1Nc1cccc(C(F)(F)F)c1. The molecular formula is C40H62F3NO12. The third kappa shape index (κ3) is 26.9. The van der Waals surface area contributed by atoms with Gasteiger partial charge in [0.1, 0.15) is 6.61 Å². The highest BCUT2D eigenvalue weighted by molar-refractivity contribution is 5.96. The second kappa shape index (κ2) is 34.2. The average Bonchev–Trinajstić information content (AvgIpc) is 3.19. The zero-order valence-electron chi connectivity index (χ0n) is 32.8. The summed E-state index contributed by atoms with van der Waals surface area (Å²) in [7, 11) is 0. The molecule has 2 rings (SSSR count). The quantitative estimate of drug-likeness (QED) is 0.0598. The molecule has 2 aromatic carbocycles. The third-order valence-corrected chi connectivity index (χ3v) is 7.57. The van der Waals surface area contributed by atoms with Crippen LogP contribution in [0.25, 0.3) is 0 Å². The standard InChI is InChI=1S/C40H62F3NO12/c1-2-3-4-7-13-46-14-15-47-16-17-48-18-19-49-20-21-50-22-23-51-24-25-52-26-27-53-28-29-54-30-31-55-32-33-56-39(45)37-11-5-6-12-38(37)44-36-10-8-9-35(34-36)40(41,42)43/h5-6,8-12,34,44H,2-4,7,13-33H2,1H3. The van der Waals surface area contributed by atoms with Gasteiger partial charge in [-0.1, -0.05) is 44.4 Å². The van der Waals surface area contributed by atoms with Crippen LogP contribution >= 0.6 is 0 Å². The number of rotatable bonds is 38. The first-order valence-electron chi connectivity index (χ1n) is 19.4. The van der Waals surface area contributed by atoms with Crippen molar-refractivity contribution < 1.29 is 70.1 Å². The van der Waals surface area contributed by atoms with Gasteiger partial charge < -0.3 is 57.4 Å². The lowest BCUT2D eigenvalue weighted by Gasteiger charge is -2.13. The number of hydrogen-bond acceptors (Lipinski definition) is 13. The van der Waals surface area contributed by atoms with Crippen molar-refractivity contribution in [3.05, 3.63) is 59.7 Å². The Morgan fingerprint density at radius 1 is 0.500 bits per heavy atom. The lowest BCUT2D eigenvalue weighted by atomic mass is 10.1. The summed E-state index contributed by atoms with van der Waals surface area (Å²) in [6, 6.07) is 11.1. The van der Waals surface area contributed by atoms with E-state index in [1.54, 1.807) is 18.2 Å². The Labute approximate surface area is 329 Å². The van der Waals surface area contributed by atoms with Crippen molar-refractivity contribution in [1.29, 1.82) is 0 Å². The summed E-state index contributed by atoms with van der Waals surface area (Å²) in [6.45, 7) is 11.6. The molecule has 320 valence electrons. The van der Waals surface area contributed by atoms with Crippen molar-refractivity contribution in [1.82, 2.24) is 0 Å². The van der Waals surface area contributed by atoms with Gasteiger partial charge in [-0.2, -0.15) is 13.2 Å². The van der Waals surface area contributed by atoms with Gasteiger partial charge in [-0.15, -0.1) is 0 Å². The molecule has 0 fully saturated rings. The number of hydrogen-bond donors (Lipinski definition) is 1. The van der Waals surface area contributed by atoms with Gasteiger partial charge in [-0.25, -0.2) is 4.79 Å². The van der Waals surface area contributed by atoms with E-state index in [2.05, 4.69) is 12.2 Å². The van der Waals surface area contributed by atoms with Crippen LogP contribution in [0.15, 0.2) is 48.5 Å². The van der Waals surface area contributed by atoms with Gasteiger partial charge in [0, 0.05) is 12.3 Å². The Morgan fingerprint density at radius 3 is 1.34 bits per heavy atom. The molecular weight excluding hydrogens is 743 g/mol. The van der Waals surface area contributed by atoms with Gasteiger partial charge in [0.05, 0.1) is 142 Å². The lowest BCUT2D eigenvalue weighted by Crippen LogP contribution is -2.16. The Kier molecular flexibility index (Phi) is 30.0. The van der Waals surface area contributed by atoms with Crippen LogP contribution in [0, 0.1) is 0 Å². The van der Waals surface area contributed by atoms with Gasteiger partial charge in [0.2, 0.25) is 0 Å². The molecule has 0 amide bonds. The minimum absolute atomic E-state index is 0.000804. The number of halogens is 3. The molecule has 0 aromatic heterocycles. The highest BCUT2D eigenvalue weighted by atomic mass is 19.4. The first-order valence-corrected chi connectivity index (χ1v) is 19.4. The first-order chi connectivity index (χ1) is 27.4. The number of esters is 1. The summed E-state index contributed by atoms with van der Waals surface area (Å²) in [6.07, 6.45) is 0.359. The molecule has 0 heterocycles. The molecule has 0 aliphatic heterocycles. The first kappa shape index (κ1) is 49.2. The molecule has 0 saturated carbocycles. The predicted molar refractivity (Wildman–Crippen MR) is 204 cm³/mol. The maximum Gasteiger partial charge on any atom is 0.416 e. The minimum atomic E-state index is -4.48. The van der Waals surface area contributed by atoms with E-state index in [9.17, 15) is 18.0 Å². The molecule has 16 heteroatoms. The molecule has 0 aliphatic rings. The lowest BCUT2D eigenvalue weighted by molar-refractivity contribution is -0.137. The number of carbonyl (C=O) groups is 1. The molecule has 2 aromatic rings. The zero-order valence-corrected chi connectivity index (χ0v) is 32.8. The number of benzene rings is 2. The number of unbranched alkanes of at least 4 members (excludes halogenated alkanes) is 3. The van der Waals surface area contributed by atoms with Crippen molar-refractivity contribution in [2.75, 3.05) is 144 Å². The molecule has 0 aliphatic carbocycles. The van der Waals surface area contributed by atoms with Gasteiger partial charge in [0.15, 0.2) is 0 Å². The molecule has 13 nitrogen and oxygen atoms in total. The number of alkyl halides is 3. The molecule has 0 bridgehead atoms. The summed E-state index contributed by atoms with van der Waals surface area (Å²) < 4.78 is 99.2. The van der Waals surface area contributed by atoms with Crippen LogP contribution in [0.4, 0.5) is 24.5 Å². The Hall–Kier alpha value is -2.90. The van der Waals surface area contributed by atoms with E-state index in [1.165, 1.54) is 37.5 Å². The molecule has 1 N–H and O–H groups in total. The Morgan fingerprint density at radius 2 is 0.911 bits per heavy atom. The largest absolute Gasteiger partial charge is 0.460 e. The summed E-state index contributed by atoms with van der Waals surface area (Å²) in [4.78, 5) is 12.6. The highest BCUT2D eigenvalue weighted by Crippen LogP contribution is 2.32. The zero-order chi connectivity index (χ0) is 40.2. The summed E-state index contributed by atoms with van der Waals surface area (Å²) >= 11 is 0. The van der Waals surface area contributed by atoms with Crippen LogP contribution in [0.2, 0.25) is 0 Å². The topological polar surface area (TPSA) is 131 Å². The molecule has 56 heavy (non-hydrogen) atoms. The fraction of sp³-hybridized carbons (Fsp3) is 0.675. The fourth-order valence-corrected chi connectivity index (χ4v) is 4.68. The van der Waals surface area contributed by atoms with Crippen molar-refractivity contribution in [2.45, 2.75) is 38.8 Å². The maximum absolute atomic E-state index is 13.1. The van der Waals surface area contributed by atoms with Gasteiger partial charge in [0.25, 0.3) is 0 Å². The van der Waals surface area contributed by atoms with Crippen LogP contribution < -0.4 is 5.32 Å². The highest BCUT2D eigenvalue weighted by Gasteiger charge is 2.30. The maximum atomic E-state index is 13.1. The van der Waals surface area contributed by atoms with E-state index in [-0.39, 0.29) is 24.5 Å². The van der Waals surface area contributed by atoms with Crippen LogP contribution in [-0.4, -0.2) is 145 Å². The molecule has 0 atom stereocenters. The monoisotopic (exact) mass is 805 g/mol. The third-order valence-electron chi connectivity index (χ3n) is 7.57. The Balaban J connectivity index is 1.27. The number of ether oxygens (including phenoxy) is 11. The summed E-state index contributed by atoms with van der Waals surface area (Å²) in [5, 5.41) is 2.86. The van der Waals surface area contributed by atoms with E-state index in [0.29, 0.717) is 125 Å². The van der Waals surface area contributed by atoms with Crippen molar-refractivity contribution in [3.63, 3.8) is 0 Å². The second-order valence-corrected chi connectivity index (χ2v) is 12.1. The van der Waals surface area contributed by atoms with Crippen molar-refractivity contribution in [3.8, 4) is 0 Å². The molecule has 0 spiro atoms. The summed E-state index contributed by atoms with van der Waals surface area (Å²) in [5.41, 5.74) is -0.0870. The van der Waals surface area contributed by atoms with Crippen LogP contribution in [0.5, 0.6) is 0 Å². The number of carbonyl (C=O) groups excluding carboxylic acids is 1. The second-order valence-electron chi connectivity index (χ2n) is 12.1. The van der Waals surface area contributed by atoms with E-state index in [4.69, 9.17) is 52.1 Å². The summed E-state index contributed by atoms with van der Waals surface area (Å²) in [5.74, 6) is -0.628. The smallest absolute Gasteiger partial charge is 0.416 e. The van der Waals surface area contributed by atoms with Crippen molar-refractivity contribution in [2.24, 2.45) is 0 Å². The van der Waals surface area contributed by atoms with Gasteiger partial charge in [-0.05, 0) is 36.8 Å². The van der Waals surface area contributed by atoms with Gasteiger partial charge in [-0.3, -0.25) is 0 Å². The van der Waals surface area contributed by atoms with E-state index in [0.717, 1.165) is 25.2 Å². The molecule has 0 radical (unpaired) electrons. The fourth-order valence-electron chi connectivity index (χ4n) is 4.68. The minimum Gasteiger partial charge on any atom is -0.460 e. The van der Waals surface area contributed by atoms with Crippen LogP contribution in [0.1, 0.15) is 48.5 Å². The number of anilines is 2. The molecule has 0 saturated heterocycles. The van der Waals surface area contributed by atoms with Crippen LogP contribution in [0.3, 0.4) is 0 Å². The van der Waals surface area contributed by atoms with E-state index in [1.807, 2.05) is 0 Å². The van der Waals surface area contributed by atoms with E-state index >= 15 is 0 Å².